The number of hydrogen-bond acceptors (Lipinski definition) is 3. The Morgan fingerprint density at radius 2 is 0.972 bits per heavy atom. The van der Waals surface area contributed by atoms with Gasteiger partial charge < -0.3 is 14.9 Å². The molecule has 0 atom stereocenters. The highest BCUT2D eigenvalue weighted by atomic mass is 16.4. The lowest BCUT2D eigenvalue weighted by molar-refractivity contribution is 0.426. The molecule has 2 N–H and O–H groups in total. The highest BCUT2D eigenvalue weighted by Gasteiger charge is 2.19. The maximum absolute atomic E-state index is 9.85. The van der Waals surface area contributed by atoms with Gasteiger partial charge in [0.1, 0.15) is 0 Å². The zero-order valence-electron chi connectivity index (χ0n) is 19.6. The molecule has 0 saturated heterocycles. The van der Waals surface area contributed by atoms with Crippen LogP contribution in [0.25, 0.3) is 32.7 Å². The maximum atomic E-state index is 9.85. The van der Waals surface area contributed by atoms with Crippen LogP contribution in [0.4, 0.5) is 17.1 Å². The molecule has 0 saturated carbocycles. The van der Waals surface area contributed by atoms with E-state index < -0.39 is 7.12 Å². The SMILES string of the molecule is OB(O)c1ccccc1-c1ccc(N(c2cccc3ccccc23)c2cccc3ccccc23)cc1. The smallest absolute Gasteiger partial charge is 0.423 e. The zero-order chi connectivity index (χ0) is 24.5. The molecule has 0 aliphatic heterocycles. The van der Waals surface area contributed by atoms with E-state index in [4.69, 9.17) is 0 Å². The van der Waals surface area contributed by atoms with E-state index in [0.717, 1.165) is 28.2 Å². The van der Waals surface area contributed by atoms with Gasteiger partial charge >= 0.3 is 7.12 Å². The van der Waals surface area contributed by atoms with Crippen molar-refractivity contribution < 1.29 is 10.0 Å². The summed E-state index contributed by atoms with van der Waals surface area (Å²) in [5.74, 6) is 0. The number of benzene rings is 6. The van der Waals surface area contributed by atoms with Crippen molar-refractivity contribution in [2.75, 3.05) is 4.90 Å². The monoisotopic (exact) mass is 465 g/mol. The molecule has 0 unspecified atom stereocenters. The summed E-state index contributed by atoms with van der Waals surface area (Å²) in [5.41, 5.74) is 5.45. The topological polar surface area (TPSA) is 43.7 Å². The van der Waals surface area contributed by atoms with Gasteiger partial charge in [0, 0.05) is 16.5 Å². The fourth-order valence-corrected chi connectivity index (χ4v) is 4.99. The van der Waals surface area contributed by atoms with Crippen LogP contribution in [0.15, 0.2) is 133 Å². The molecule has 0 spiro atoms. The molecule has 6 aromatic carbocycles. The van der Waals surface area contributed by atoms with E-state index in [-0.39, 0.29) is 0 Å². The summed E-state index contributed by atoms with van der Waals surface area (Å²) < 4.78 is 0. The molecule has 0 bridgehead atoms. The third-order valence-corrected chi connectivity index (χ3v) is 6.69. The first-order valence-electron chi connectivity index (χ1n) is 12.0. The number of rotatable bonds is 5. The Morgan fingerprint density at radius 1 is 0.472 bits per heavy atom. The van der Waals surface area contributed by atoms with E-state index in [1.807, 2.05) is 30.3 Å². The average molecular weight is 465 g/mol. The van der Waals surface area contributed by atoms with Gasteiger partial charge in [0.05, 0.1) is 11.4 Å². The zero-order valence-corrected chi connectivity index (χ0v) is 19.6. The predicted molar refractivity (Wildman–Crippen MR) is 151 cm³/mol. The van der Waals surface area contributed by atoms with E-state index >= 15 is 0 Å². The van der Waals surface area contributed by atoms with Crippen LogP contribution in [0.3, 0.4) is 0 Å². The first kappa shape index (κ1) is 22.1. The van der Waals surface area contributed by atoms with Gasteiger partial charge in [0.15, 0.2) is 0 Å². The summed E-state index contributed by atoms with van der Waals surface area (Å²) in [6.07, 6.45) is 0. The first-order chi connectivity index (χ1) is 17.7. The minimum absolute atomic E-state index is 0.491. The van der Waals surface area contributed by atoms with Crippen molar-refractivity contribution >= 4 is 51.2 Å². The lowest BCUT2D eigenvalue weighted by Gasteiger charge is -2.28. The highest BCUT2D eigenvalue weighted by Crippen LogP contribution is 2.42. The van der Waals surface area contributed by atoms with E-state index in [1.54, 1.807) is 6.07 Å². The fourth-order valence-electron chi connectivity index (χ4n) is 4.99. The Morgan fingerprint density at radius 3 is 1.56 bits per heavy atom. The molecule has 0 amide bonds. The second-order valence-electron chi connectivity index (χ2n) is 8.84. The van der Waals surface area contributed by atoms with Crippen LogP contribution < -0.4 is 10.4 Å². The molecule has 0 aliphatic carbocycles. The van der Waals surface area contributed by atoms with Gasteiger partial charge in [-0.15, -0.1) is 0 Å². The normalized spacial score (nSPS) is 11.1. The Hall–Kier alpha value is -4.38. The van der Waals surface area contributed by atoms with E-state index in [9.17, 15) is 10.0 Å². The molecule has 0 aromatic heterocycles. The van der Waals surface area contributed by atoms with Crippen LogP contribution in [0, 0.1) is 0 Å². The second-order valence-corrected chi connectivity index (χ2v) is 8.84. The summed E-state index contributed by atoms with van der Waals surface area (Å²) in [4.78, 5) is 2.31. The quantitative estimate of drug-likeness (QED) is 0.275. The molecule has 0 heterocycles. The minimum Gasteiger partial charge on any atom is -0.423 e. The van der Waals surface area contributed by atoms with E-state index in [2.05, 4.69) is 102 Å². The number of fused-ring (bicyclic) bond motifs is 2. The van der Waals surface area contributed by atoms with E-state index in [1.165, 1.54) is 21.5 Å². The van der Waals surface area contributed by atoms with Crippen molar-refractivity contribution in [2.45, 2.75) is 0 Å². The molecule has 0 fully saturated rings. The fraction of sp³-hybridized carbons (Fsp3) is 0. The average Bonchev–Trinajstić information content (AvgIpc) is 2.94. The van der Waals surface area contributed by atoms with Gasteiger partial charge in [0.25, 0.3) is 0 Å². The second kappa shape index (κ2) is 9.35. The molecule has 6 aromatic rings. The summed E-state index contributed by atoms with van der Waals surface area (Å²) >= 11 is 0. The third-order valence-electron chi connectivity index (χ3n) is 6.69. The molecular formula is C32H24BNO2. The lowest BCUT2D eigenvalue weighted by atomic mass is 9.75. The van der Waals surface area contributed by atoms with Gasteiger partial charge in [-0.05, 0) is 51.6 Å². The van der Waals surface area contributed by atoms with Crippen molar-refractivity contribution in [3.63, 3.8) is 0 Å². The maximum Gasteiger partial charge on any atom is 0.489 e. The van der Waals surface area contributed by atoms with Gasteiger partial charge in [-0.25, -0.2) is 0 Å². The Bertz CT molecular complexity index is 1590. The molecule has 172 valence electrons. The Labute approximate surface area is 210 Å². The van der Waals surface area contributed by atoms with Crippen LogP contribution in [-0.4, -0.2) is 17.2 Å². The summed E-state index contributed by atoms with van der Waals surface area (Å²) in [5, 5.41) is 24.4. The molecule has 0 radical (unpaired) electrons. The molecule has 0 aliphatic rings. The van der Waals surface area contributed by atoms with Gasteiger partial charge in [-0.2, -0.15) is 0 Å². The molecule has 36 heavy (non-hydrogen) atoms. The minimum atomic E-state index is -1.52. The molecular weight excluding hydrogens is 441 g/mol. The van der Waals surface area contributed by atoms with Crippen LogP contribution >= 0.6 is 0 Å². The van der Waals surface area contributed by atoms with Crippen LogP contribution in [0.1, 0.15) is 0 Å². The van der Waals surface area contributed by atoms with E-state index in [0.29, 0.717) is 5.46 Å². The van der Waals surface area contributed by atoms with Crippen molar-refractivity contribution in [2.24, 2.45) is 0 Å². The van der Waals surface area contributed by atoms with Gasteiger partial charge in [-0.1, -0.05) is 109 Å². The van der Waals surface area contributed by atoms with Crippen LogP contribution in [0.5, 0.6) is 0 Å². The Kier molecular flexibility index (Phi) is 5.74. The predicted octanol–water partition coefficient (Wildman–Crippen LogP) is 6.81. The summed E-state index contributed by atoms with van der Waals surface area (Å²) in [6, 6.07) is 45.3. The molecule has 4 heteroatoms. The van der Waals surface area contributed by atoms with Gasteiger partial charge in [0.2, 0.25) is 0 Å². The van der Waals surface area contributed by atoms with Crippen molar-refractivity contribution in [3.8, 4) is 11.1 Å². The highest BCUT2D eigenvalue weighted by molar-refractivity contribution is 6.60. The number of hydrogen-bond donors (Lipinski definition) is 2. The first-order valence-corrected chi connectivity index (χ1v) is 12.0. The van der Waals surface area contributed by atoms with Crippen molar-refractivity contribution in [3.05, 3.63) is 133 Å². The summed E-state index contributed by atoms with van der Waals surface area (Å²) in [7, 11) is -1.52. The third kappa shape index (κ3) is 3.93. The lowest BCUT2D eigenvalue weighted by Crippen LogP contribution is -2.31. The van der Waals surface area contributed by atoms with Crippen molar-refractivity contribution in [1.29, 1.82) is 0 Å². The van der Waals surface area contributed by atoms with Crippen LogP contribution in [-0.2, 0) is 0 Å². The molecule has 3 nitrogen and oxygen atoms in total. The standard InChI is InChI=1S/C32H24BNO2/c35-33(36)30-16-6-5-13-27(30)25-19-21-26(22-20-25)34(31-17-7-11-23-9-1-3-14-28(23)31)32-18-8-12-24-10-2-4-15-29(24)32/h1-22,35-36H. The van der Waals surface area contributed by atoms with Crippen molar-refractivity contribution in [1.82, 2.24) is 0 Å². The molecule has 6 rings (SSSR count). The Balaban J connectivity index is 1.56. The van der Waals surface area contributed by atoms with Crippen LogP contribution in [0.2, 0.25) is 0 Å². The largest absolute Gasteiger partial charge is 0.489 e. The van der Waals surface area contributed by atoms with Gasteiger partial charge in [-0.3, -0.25) is 0 Å². The summed E-state index contributed by atoms with van der Waals surface area (Å²) in [6.45, 7) is 0. The number of nitrogens with zero attached hydrogens (tertiary/aromatic N) is 1. The number of anilines is 3.